The zero-order valence-electron chi connectivity index (χ0n) is 12.6. The van der Waals surface area contributed by atoms with Crippen LogP contribution in [-0.4, -0.2) is 36.6 Å². The van der Waals surface area contributed by atoms with Gasteiger partial charge in [0.05, 0.1) is 19.6 Å². The first kappa shape index (κ1) is 15.0. The Bertz CT molecular complexity index is 484. The Hall–Kier alpha value is -1.42. The quantitative estimate of drug-likeness (QED) is 0.843. The second-order valence-electron chi connectivity index (χ2n) is 5.93. The van der Waals surface area contributed by atoms with Gasteiger partial charge in [0.2, 0.25) is 0 Å². The number of nitrogens with zero attached hydrogens (tertiary/aromatic N) is 1. The molecule has 0 unspecified atom stereocenters. The van der Waals surface area contributed by atoms with E-state index in [1.165, 1.54) is 25.0 Å². The van der Waals surface area contributed by atoms with Crippen LogP contribution in [-0.2, 0) is 4.79 Å². The molecule has 2 rings (SSSR count). The van der Waals surface area contributed by atoms with Crippen molar-refractivity contribution in [3.63, 3.8) is 0 Å². The average Bonchev–Trinajstić information content (AvgIpc) is 2.83. The number of halogens is 1. The minimum absolute atomic E-state index is 0.0339. The summed E-state index contributed by atoms with van der Waals surface area (Å²) in [6.45, 7) is 9.49. The third-order valence-electron chi connectivity index (χ3n) is 4.43. The van der Waals surface area contributed by atoms with Crippen LogP contribution in [0.1, 0.15) is 30.9 Å². The van der Waals surface area contributed by atoms with Gasteiger partial charge in [0.1, 0.15) is 5.82 Å². The van der Waals surface area contributed by atoms with E-state index < -0.39 is 0 Å². The minimum Gasteiger partial charge on any atom is -0.321 e. The maximum absolute atomic E-state index is 13.3. The summed E-state index contributed by atoms with van der Waals surface area (Å²) >= 11 is 0. The molecule has 0 aromatic heterocycles. The molecule has 4 heteroatoms. The fraction of sp³-hybridized carbons (Fsp3) is 0.562. The number of anilines is 1. The number of rotatable bonds is 4. The SMILES string of the molecule is CC[N+]1(CC(=O)Nc2c(C)cc(F)cc2C)CCCC1. The summed E-state index contributed by atoms with van der Waals surface area (Å²) in [5.74, 6) is -0.221. The second-order valence-corrected chi connectivity index (χ2v) is 5.93. The van der Waals surface area contributed by atoms with Gasteiger partial charge >= 0.3 is 0 Å². The van der Waals surface area contributed by atoms with Crippen LogP contribution in [0.4, 0.5) is 10.1 Å². The van der Waals surface area contributed by atoms with Gasteiger partial charge in [-0.15, -0.1) is 0 Å². The number of nitrogens with one attached hydrogen (secondary N) is 1. The van der Waals surface area contributed by atoms with E-state index in [-0.39, 0.29) is 11.7 Å². The van der Waals surface area contributed by atoms with Gasteiger partial charge in [0.25, 0.3) is 5.91 Å². The molecule has 1 aromatic rings. The van der Waals surface area contributed by atoms with Crippen molar-refractivity contribution in [1.82, 2.24) is 0 Å². The molecule has 1 fully saturated rings. The first-order valence-electron chi connectivity index (χ1n) is 7.37. The molecule has 0 spiro atoms. The first-order chi connectivity index (χ1) is 9.46. The summed E-state index contributed by atoms with van der Waals surface area (Å²) in [6, 6.07) is 2.92. The van der Waals surface area contributed by atoms with Crippen molar-refractivity contribution >= 4 is 11.6 Å². The van der Waals surface area contributed by atoms with Gasteiger partial charge in [-0.3, -0.25) is 4.79 Å². The number of quaternary nitrogens is 1. The van der Waals surface area contributed by atoms with E-state index in [9.17, 15) is 9.18 Å². The summed E-state index contributed by atoms with van der Waals surface area (Å²) in [6.07, 6.45) is 2.41. The molecular formula is C16H24FN2O+. The Morgan fingerprint density at radius 3 is 2.30 bits per heavy atom. The number of benzene rings is 1. The number of amides is 1. The number of carbonyl (C=O) groups excluding carboxylic acids is 1. The van der Waals surface area contributed by atoms with Gasteiger partial charge in [-0.1, -0.05) is 0 Å². The fourth-order valence-corrected chi connectivity index (χ4v) is 3.18. The lowest BCUT2D eigenvalue weighted by atomic mass is 10.1. The number of carbonyl (C=O) groups is 1. The van der Waals surface area contributed by atoms with E-state index in [1.54, 1.807) is 0 Å². The molecule has 0 saturated carbocycles. The molecule has 1 aliphatic rings. The fourth-order valence-electron chi connectivity index (χ4n) is 3.18. The predicted octanol–water partition coefficient (Wildman–Crippen LogP) is 3.01. The van der Waals surface area contributed by atoms with Crippen molar-refractivity contribution in [2.45, 2.75) is 33.6 Å². The Kier molecular flexibility index (Phi) is 4.43. The molecular weight excluding hydrogens is 255 g/mol. The largest absolute Gasteiger partial charge is 0.321 e. The maximum atomic E-state index is 13.3. The van der Waals surface area contributed by atoms with Crippen molar-refractivity contribution in [3.05, 3.63) is 29.1 Å². The average molecular weight is 279 g/mol. The number of aryl methyl sites for hydroxylation is 2. The lowest BCUT2D eigenvalue weighted by molar-refractivity contribution is -0.907. The highest BCUT2D eigenvalue weighted by atomic mass is 19.1. The molecule has 110 valence electrons. The molecule has 0 radical (unpaired) electrons. The number of likely N-dealkylation sites (N-methyl/N-ethyl adjacent to an activating group) is 1. The van der Waals surface area contributed by atoms with Crippen LogP contribution in [0, 0.1) is 19.7 Å². The van der Waals surface area contributed by atoms with Crippen molar-refractivity contribution in [2.24, 2.45) is 0 Å². The number of hydrogen-bond acceptors (Lipinski definition) is 1. The van der Waals surface area contributed by atoms with Crippen LogP contribution in [0.3, 0.4) is 0 Å². The normalized spacial score (nSPS) is 17.2. The van der Waals surface area contributed by atoms with Crippen LogP contribution in [0.15, 0.2) is 12.1 Å². The van der Waals surface area contributed by atoms with Gasteiger partial charge < -0.3 is 9.80 Å². The summed E-state index contributed by atoms with van der Waals surface area (Å²) in [5.41, 5.74) is 2.31. The van der Waals surface area contributed by atoms with Crippen LogP contribution in [0.2, 0.25) is 0 Å². The van der Waals surface area contributed by atoms with Gasteiger partial charge in [-0.05, 0) is 44.0 Å². The summed E-state index contributed by atoms with van der Waals surface area (Å²) in [7, 11) is 0. The van der Waals surface area contributed by atoms with E-state index >= 15 is 0 Å². The smallest absolute Gasteiger partial charge is 0.279 e. The third kappa shape index (κ3) is 3.18. The first-order valence-corrected chi connectivity index (χ1v) is 7.37. The van der Waals surface area contributed by atoms with Crippen molar-refractivity contribution < 1.29 is 13.7 Å². The van der Waals surface area contributed by atoms with Gasteiger partial charge in [-0.25, -0.2) is 4.39 Å². The van der Waals surface area contributed by atoms with Crippen LogP contribution in [0.5, 0.6) is 0 Å². The Balaban J connectivity index is 2.08. The Morgan fingerprint density at radius 2 is 1.80 bits per heavy atom. The van der Waals surface area contributed by atoms with Crippen LogP contribution in [0.25, 0.3) is 0 Å². The Morgan fingerprint density at radius 1 is 1.25 bits per heavy atom. The van der Waals surface area contributed by atoms with Crippen LogP contribution < -0.4 is 5.32 Å². The van der Waals surface area contributed by atoms with Gasteiger partial charge in [-0.2, -0.15) is 0 Å². The van der Waals surface area contributed by atoms with E-state index in [0.29, 0.717) is 6.54 Å². The molecule has 1 saturated heterocycles. The number of hydrogen-bond donors (Lipinski definition) is 1. The van der Waals surface area contributed by atoms with Crippen molar-refractivity contribution in [2.75, 3.05) is 31.5 Å². The molecule has 1 N–H and O–H groups in total. The minimum atomic E-state index is -0.255. The Labute approximate surface area is 120 Å². The summed E-state index contributed by atoms with van der Waals surface area (Å²) in [5, 5.41) is 2.97. The standard InChI is InChI=1S/C16H23FN2O/c1-4-19(7-5-6-8-19)11-15(20)18-16-12(2)9-14(17)10-13(16)3/h9-10H,4-8,11H2,1-3H3/p+1. The van der Waals surface area contributed by atoms with E-state index in [2.05, 4.69) is 12.2 Å². The summed E-state index contributed by atoms with van der Waals surface area (Å²) < 4.78 is 14.2. The second kappa shape index (κ2) is 5.92. The molecule has 0 aliphatic carbocycles. The molecule has 3 nitrogen and oxygen atoms in total. The lowest BCUT2D eigenvalue weighted by Crippen LogP contribution is -2.50. The number of likely N-dealkylation sites (tertiary alicyclic amines) is 1. The lowest BCUT2D eigenvalue weighted by Gasteiger charge is -2.32. The molecule has 0 bridgehead atoms. The van der Waals surface area contributed by atoms with Crippen molar-refractivity contribution in [3.8, 4) is 0 Å². The third-order valence-corrected chi connectivity index (χ3v) is 4.43. The van der Waals surface area contributed by atoms with E-state index in [1.807, 2.05) is 13.8 Å². The molecule has 20 heavy (non-hydrogen) atoms. The monoisotopic (exact) mass is 279 g/mol. The topological polar surface area (TPSA) is 29.1 Å². The highest BCUT2D eigenvalue weighted by molar-refractivity contribution is 5.93. The zero-order valence-corrected chi connectivity index (χ0v) is 12.6. The molecule has 1 aliphatic heterocycles. The molecule has 0 atom stereocenters. The van der Waals surface area contributed by atoms with Crippen molar-refractivity contribution in [1.29, 1.82) is 0 Å². The van der Waals surface area contributed by atoms with Crippen LogP contribution >= 0.6 is 0 Å². The molecule has 1 aromatic carbocycles. The zero-order chi connectivity index (χ0) is 14.8. The summed E-state index contributed by atoms with van der Waals surface area (Å²) in [4.78, 5) is 12.3. The predicted molar refractivity (Wildman–Crippen MR) is 79.1 cm³/mol. The van der Waals surface area contributed by atoms with Gasteiger partial charge in [0.15, 0.2) is 6.54 Å². The maximum Gasteiger partial charge on any atom is 0.279 e. The highest BCUT2D eigenvalue weighted by Crippen LogP contribution is 2.23. The van der Waals surface area contributed by atoms with E-state index in [4.69, 9.17) is 0 Å². The molecule has 1 amide bonds. The van der Waals surface area contributed by atoms with E-state index in [0.717, 1.165) is 40.9 Å². The molecule has 1 heterocycles. The van der Waals surface area contributed by atoms with Gasteiger partial charge in [0, 0.05) is 18.5 Å². The highest BCUT2D eigenvalue weighted by Gasteiger charge is 2.32.